The Balaban J connectivity index is 2.13. The Labute approximate surface area is 108 Å². The fraction of sp³-hybridized carbons (Fsp3) is 0.429. The van der Waals surface area contributed by atoms with Crippen molar-refractivity contribution in [3.8, 4) is 5.75 Å². The second-order valence-corrected chi connectivity index (χ2v) is 4.54. The van der Waals surface area contributed by atoms with Crippen molar-refractivity contribution in [2.24, 2.45) is 0 Å². The molecule has 0 N–H and O–H groups in total. The first-order valence-electron chi connectivity index (χ1n) is 5.98. The normalized spacial score (nSPS) is 21.2. The van der Waals surface area contributed by atoms with E-state index in [1.54, 1.807) is 12.6 Å². The van der Waals surface area contributed by atoms with Crippen LogP contribution in [-0.4, -0.2) is 25.1 Å². The standard InChI is InChI=1S/C14H18ClNO/c1-17-13-6-2-5-12(11-13)14-7-3-9-16(14)10-4-8-15/h2,4-6,8,11,14H,3,7,9-10H2,1H3/b8-4+. The van der Waals surface area contributed by atoms with Gasteiger partial charge < -0.3 is 4.74 Å². The number of hydrogen-bond donors (Lipinski definition) is 0. The Morgan fingerprint density at radius 3 is 3.18 bits per heavy atom. The number of nitrogens with zero attached hydrogens (tertiary/aromatic N) is 1. The highest BCUT2D eigenvalue weighted by Gasteiger charge is 2.24. The Bertz CT molecular complexity index is 392. The van der Waals surface area contributed by atoms with Gasteiger partial charge >= 0.3 is 0 Å². The predicted molar refractivity (Wildman–Crippen MR) is 71.5 cm³/mol. The molecule has 1 unspecified atom stereocenters. The molecule has 1 aromatic rings. The molecular weight excluding hydrogens is 234 g/mol. The topological polar surface area (TPSA) is 12.5 Å². The Morgan fingerprint density at radius 2 is 2.41 bits per heavy atom. The van der Waals surface area contributed by atoms with Crippen molar-refractivity contribution in [1.29, 1.82) is 0 Å². The van der Waals surface area contributed by atoms with Crippen LogP contribution in [0.5, 0.6) is 5.75 Å². The van der Waals surface area contributed by atoms with E-state index in [0.29, 0.717) is 6.04 Å². The van der Waals surface area contributed by atoms with E-state index in [-0.39, 0.29) is 0 Å². The van der Waals surface area contributed by atoms with Gasteiger partial charge in [-0.3, -0.25) is 4.90 Å². The fourth-order valence-electron chi connectivity index (χ4n) is 2.45. The second-order valence-electron chi connectivity index (χ2n) is 4.29. The van der Waals surface area contributed by atoms with Crippen molar-refractivity contribution >= 4 is 11.6 Å². The number of rotatable bonds is 4. The van der Waals surface area contributed by atoms with E-state index in [9.17, 15) is 0 Å². The van der Waals surface area contributed by atoms with Gasteiger partial charge in [0.15, 0.2) is 0 Å². The van der Waals surface area contributed by atoms with Gasteiger partial charge in [0.1, 0.15) is 5.75 Å². The molecule has 0 aromatic heterocycles. The largest absolute Gasteiger partial charge is 0.497 e. The number of ether oxygens (including phenoxy) is 1. The van der Waals surface area contributed by atoms with Gasteiger partial charge in [-0.25, -0.2) is 0 Å². The van der Waals surface area contributed by atoms with E-state index in [4.69, 9.17) is 16.3 Å². The molecule has 0 spiro atoms. The van der Waals surface area contributed by atoms with E-state index in [1.807, 2.05) is 12.1 Å². The molecular formula is C14H18ClNO. The van der Waals surface area contributed by atoms with E-state index in [1.165, 1.54) is 18.4 Å². The third-order valence-corrected chi connectivity index (χ3v) is 3.45. The molecule has 0 aliphatic carbocycles. The number of halogens is 1. The van der Waals surface area contributed by atoms with Crippen molar-refractivity contribution in [3.05, 3.63) is 41.4 Å². The zero-order chi connectivity index (χ0) is 12.1. The van der Waals surface area contributed by atoms with Crippen molar-refractivity contribution < 1.29 is 4.74 Å². The summed E-state index contributed by atoms with van der Waals surface area (Å²) >= 11 is 5.59. The maximum Gasteiger partial charge on any atom is 0.119 e. The highest BCUT2D eigenvalue weighted by molar-refractivity contribution is 6.25. The van der Waals surface area contributed by atoms with Gasteiger partial charge in [-0.1, -0.05) is 29.8 Å². The number of likely N-dealkylation sites (tertiary alicyclic amines) is 1. The van der Waals surface area contributed by atoms with Crippen LogP contribution in [0.3, 0.4) is 0 Å². The number of benzene rings is 1. The minimum absolute atomic E-state index is 0.498. The molecule has 1 heterocycles. The molecule has 1 atom stereocenters. The zero-order valence-electron chi connectivity index (χ0n) is 10.1. The van der Waals surface area contributed by atoms with Crippen LogP contribution in [0.25, 0.3) is 0 Å². The fourth-order valence-corrected chi connectivity index (χ4v) is 2.53. The predicted octanol–water partition coefficient (Wildman–Crippen LogP) is 3.58. The highest BCUT2D eigenvalue weighted by atomic mass is 35.5. The van der Waals surface area contributed by atoms with E-state index in [2.05, 4.69) is 23.1 Å². The van der Waals surface area contributed by atoms with Crippen LogP contribution in [0.15, 0.2) is 35.9 Å². The molecule has 1 aliphatic rings. The molecule has 0 amide bonds. The summed E-state index contributed by atoms with van der Waals surface area (Å²) in [6.45, 7) is 2.06. The Kier molecular flexibility index (Phi) is 4.46. The molecule has 3 heteroatoms. The summed E-state index contributed by atoms with van der Waals surface area (Å²) in [5.74, 6) is 0.933. The molecule has 1 fully saturated rings. The summed E-state index contributed by atoms with van der Waals surface area (Å²) in [5.41, 5.74) is 2.94. The van der Waals surface area contributed by atoms with Gasteiger partial charge in [-0.2, -0.15) is 0 Å². The first-order valence-corrected chi connectivity index (χ1v) is 6.42. The monoisotopic (exact) mass is 251 g/mol. The molecule has 1 saturated heterocycles. The SMILES string of the molecule is COc1cccc(C2CCCN2C/C=C/Cl)c1. The molecule has 0 radical (unpaired) electrons. The van der Waals surface area contributed by atoms with Gasteiger partial charge in [0.25, 0.3) is 0 Å². The molecule has 2 nitrogen and oxygen atoms in total. The average molecular weight is 252 g/mol. The number of methoxy groups -OCH3 is 1. The minimum atomic E-state index is 0.498. The maximum absolute atomic E-state index is 5.59. The molecule has 1 aromatic carbocycles. The summed E-state index contributed by atoms with van der Waals surface area (Å²) in [7, 11) is 1.71. The van der Waals surface area contributed by atoms with Gasteiger partial charge in [0.05, 0.1) is 7.11 Å². The summed E-state index contributed by atoms with van der Waals surface area (Å²) < 4.78 is 5.28. The molecule has 0 saturated carbocycles. The van der Waals surface area contributed by atoms with E-state index < -0.39 is 0 Å². The third kappa shape index (κ3) is 3.02. The van der Waals surface area contributed by atoms with Crippen LogP contribution in [-0.2, 0) is 0 Å². The van der Waals surface area contributed by atoms with Gasteiger partial charge in [0.2, 0.25) is 0 Å². The summed E-state index contributed by atoms with van der Waals surface area (Å²) in [6, 6.07) is 8.85. The molecule has 0 bridgehead atoms. The average Bonchev–Trinajstić information content (AvgIpc) is 2.84. The van der Waals surface area contributed by atoms with E-state index in [0.717, 1.165) is 18.8 Å². The first kappa shape index (κ1) is 12.5. The highest BCUT2D eigenvalue weighted by Crippen LogP contribution is 2.33. The maximum atomic E-state index is 5.59. The van der Waals surface area contributed by atoms with Crippen molar-refractivity contribution in [3.63, 3.8) is 0 Å². The van der Waals surface area contributed by atoms with Crippen molar-refractivity contribution in [2.75, 3.05) is 20.2 Å². The lowest BCUT2D eigenvalue weighted by molar-refractivity contribution is 0.285. The van der Waals surface area contributed by atoms with Gasteiger partial charge in [0, 0.05) is 18.1 Å². The lowest BCUT2D eigenvalue weighted by Gasteiger charge is -2.23. The minimum Gasteiger partial charge on any atom is -0.497 e. The lowest BCUT2D eigenvalue weighted by atomic mass is 10.0. The van der Waals surface area contributed by atoms with Crippen LogP contribution >= 0.6 is 11.6 Å². The Morgan fingerprint density at radius 1 is 1.53 bits per heavy atom. The molecule has 2 rings (SSSR count). The molecule has 17 heavy (non-hydrogen) atoms. The van der Waals surface area contributed by atoms with Crippen LogP contribution in [0, 0.1) is 0 Å². The van der Waals surface area contributed by atoms with Crippen LogP contribution in [0.4, 0.5) is 0 Å². The van der Waals surface area contributed by atoms with Crippen molar-refractivity contribution in [1.82, 2.24) is 4.90 Å². The quantitative estimate of drug-likeness (QED) is 0.811. The first-order chi connectivity index (χ1) is 8.35. The van der Waals surface area contributed by atoms with Crippen LogP contribution < -0.4 is 4.74 Å². The third-order valence-electron chi connectivity index (χ3n) is 3.27. The summed E-state index contributed by atoms with van der Waals surface area (Å²) in [6.07, 6.45) is 4.46. The molecule has 92 valence electrons. The lowest BCUT2D eigenvalue weighted by Crippen LogP contribution is -2.23. The Hall–Kier alpha value is -0.990. The smallest absolute Gasteiger partial charge is 0.119 e. The van der Waals surface area contributed by atoms with Crippen molar-refractivity contribution in [2.45, 2.75) is 18.9 Å². The zero-order valence-corrected chi connectivity index (χ0v) is 10.9. The second kappa shape index (κ2) is 6.08. The number of hydrogen-bond acceptors (Lipinski definition) is 2. The summed E-state index contributed by atoms with van der Waals surface area (Å²) in [4.78, 5) is 2.45. The van der Waals surface area contributed by atoms with Crippen LogP contribution in [0.1, 0.15) is 24.4 Å². The van der Waals surface area contributed by atoms with Gasteiger partial charge in [-0.15, -0.1) is 0 Å². The van der Waals surface area contributed by atoms with E-state index >= 15 is 0 Å². The van der Waals surface area contributed by atoms with Crippen LogP contribution in [0.2, 0.25) is 0 Å². The summed E-state index contributed by atoms with van der Waals surface area (Å²) in [5, 5.41) is 0. The van der Waals surface area contributed by atoms with Gasteiger partial charge in [-0.05, 0) is 37.1 Å². The molecule has 1 aliphatic heterocycles.